The van der Waals surface area contributed by atoms with Gasteiger partial charge in [-0.1, -0.05) is 0 Å². The standard InChI is InChI=1S/C9H18N2O2/c10-4-1-3-9(12)11-5-2-7-13-8-6-11/h1-8,10H2. The second-order valence-electron chi connectivity index (χ2n) is 3.24. The number of nitrogens with two attached hydrogens (primary N) is 1. The summed E-state index contributed by atoms with van der Waals surface area (Å²) in [6.45, 7) is 3.62. The first-order chi connectivity index (χ1) is 6.34. The van der Waals surface area contributed by atoms with Crippen molar-refractivity contribution in [2.24, 2.45) is 5.73 Å². The summed E-state index contributed by atoms with van der Waals surface area (Å²) in [7, 11) is 0. The van der Waals surface area contributed by atoms with Gasteiger partial charge in [-0.25, -0.2) is 0 Å². The van der Waals surface area contributed by atoms with Gasteiger partial charge in [-0.15, -0.1) is 0 Å². The fraction of sp³-hybridized carbons (Fsp3) is 0.889. The van der Waals surface area contributed by atoms with Crippen molar-refractivity contribution in [3.8, 4) is 0 Å². The smallest absolute Gasteiger partial charge is 0.222 e. The van der Waals surface area contributed by atoms with Gasteiger partial charge in [0.15, 0.2) is 0 Å². The van der Waals surface area contributed by atoms with Crippen LogP contribution in [0.5, 0.6) is 0 Å². The molecule has 0 aromatic carbocycles. The molecular formula is C9H18N2O2. The maximum atomic E-state index is 11.5. The number of rotatable bonds is 3. The Morgan fingerprint density at radius 2 is 2.23 bits per heavy atom. The molecule has 1 aliphatic rings. The maximum absolute atomic E-state index is 11.5. The molecule has 0 atom stereocenters. The Kier molecular flexibility index (Phi) is 4.78. The third kappa shape index (κ3) is 3.74. The van der Waals surface area contributed by atoms with E-state index in [0.717, 1.165) is 32.5 Å². The van der Waals surface area contributed by atoms with E-state index < -0.39 is 0 Å². The molecule has 0 bridgehead atoms. The molecule has 2 N–H and O–H groups in total. The minimum Gasteiger partial charge on any atom is -0.380 e. The van der Waals surface area contributed by atoms with Crippen molar-refractivity contribution in [2.75, 3.05) is 32.8 Å². The molecule has 0 unspecified atom stereocenters. The Morgan fingerprint density at radius 3 is 3.00 bits per heavy atom. The molecule has 4 heteroatoms. The molecular weight excluding hydrogens is 168 g/mol. The van der Waals surface area contributed by atoms with E-state index in [0.29, 0.717) is 19.6 Å². The summed E-state index contributed by atoms with van der Waals surface area (Å²) in [5.41, 5.74) is 5.34. The van der Waals surface area contributed by atoms with E-state index in [9.17, 15) is 4.79 Å². The predicted octanol–water partition coefficient (Wildman–Crippen LogP) is -0.0258. The lowest BCUT2D eigenvalue weighted by Crippen LogP contribution is -2.33. The Labute approximate surface area is 79.0 Å². The highest BCUT2D eigenvalue weighted by molar-refractivity contribution is 5.76. The first-order valence-corrected chi connectivity index (χ1v) is 4.90. The number of ether oxygens (including phenoxy) is 1. The lowest BCUT2D eigenvalue weighted by molar-refractivity contribution is -0.131. The van der Waals surface area contributed by atoms with Crippen LogP contribution in [-0.4, -0.2) is 43.7 Å². The van der Waals surface area contributed by atoms with Crippen molar-refractivity contribution in [1.82, 2.24) is 4.90 Å². The molecule has 4 nitrogen and oxygen atoms in total. The molecule has 1 saturated heterocycles. The molecule has 76 valence electrons. The molecule has 1 fully saturated rings. The minimum absolute atomic E-state index is 0.218. The van der Waals surface area contributed by atoms with Gasteiger partial charge in [0.25, 0.3) is 0 Å². The molecule has 1 aliphatic heterocycles. The van der Waals surface area contributed by atoms with Gasteiger partial charge in [0.05, 0.1) is 6.61 Å². The van der Waals surface area contributed by atoms with Crippen molar-refractivity contribution in [3.05, 3.63) is 0 Å². The zero-order chi connectivity index (χ0) is 9.52. The van der Waals surface area contributed by atoms with Crippen molar-refractivity contribution < 1.29 is 9.53 Å². The third-order valence-corrected chi connectivity index (χ3v) is 2.17. The Balaban J connectivity index is 2.26. The van der Waals surface area contributed by atoms with Crippen LogP contribution in [0, 0.1) is 0 Å². The molecule has 0 radical (unpaired) electrons. The monoisotopic (exact) mass is 186 g/mol. The van der Waals surface area contributed by atoms with Gasteiger partial charge < -0.3 is 15.4 Å². The number of hydrogen-bond donors (Lipinski definition) is 1. The Morgan fingerprint density at radius 1 is 1.38 bits per heavy atom. The van der Waals surface area contributed by atoms with Crippen LogP contribution in [0.4, 0.5) is 0 Å². The highest BCUT2D eigenvalue weighted by Crippen LogP contribution is 2.02. The average Bonchev–Trinajstić information content (AvgIpc) is 2.42. The summed E-state index contributed by atoms with van der Waals surface area (Å²) >= 11 is 0. The highest BCUT2D eigenvalue weighted by Gasteiger charge is 2.14. The normalized spacial score (nSPS) is 18.4. The zero-order valence-corrected chi connectivity index (χ0v) is 8.00. The van der Waals surface area contributed by atoms with E-state index in [1.54, 1.807) is 0 Å². The summed E-state index contributed by atoms with van der Waals surface area (Å²) in [5, 5.41) is 0. The minimum atomic E-state index is 0.218. The van der Waals surface area contributed by atoms with Crippen LogP contribution in [0.2, 0.25) is 0 Å². The highest BCUT2D eigenvalue weighted by atomic mass is 16.5. The second-order valence-corrected chi connectivity index (χ2v) is 3.24. The first-order valence-electron chi connectivity index (χ1n) is 4.90. The number of carbonyl (C=O) groups excluding carboxylic acids is 1. The van der Waals surface area contributed by atoms with Crippen LogP contribution >= 0.6 is 0 Å². The van der Waals surface area contributed by atoms with Crippen LogP contribution in [0.1, 0.15) is 19.3 Å². The van der Waals surface area contributed by atoms with Crippen molar-refractivity contribution in [3.63, 3.8) is 0 Å². The average molecular weight is 186 g/mol. The van der Waals surface area contributed by atoms with E-state index in [1.165, 1.54) is 0 Å². The summed E-state index contributed by atoms with van der Waals surface area (Å²) < 4.78 is 5.26. The molecule has 1 amide bonds. The maximum Gasteiger partial charge on any atom is 0.222 e. The van der Waals surface area contributed by atoms with Crippen LogP contribution in [0.15, 0.2) is 0 Å². The topological polar surface area (TPSA) is 55.6 Å². The number of amides is 1. The first kappa shape index (κ1) is 10.5. The quantitative estimate of drug-likeness (QED) is 0.673. The van der Waals surface area contributed by atoms with E-state index >= 15 is 0 Å². The molecule has 0 aromatic rings. The second kappa shape index (κ2) is 5.94. The predicted molar refractivity (Wildman–Crippen MR) is 50.3 cm³/mol. The van der Waals surface area contributed by atoms with Gasteiger partial charge in [0.2, 0.25) is 5.91 Å². The molecule has 1 heterocycles. The molecule has 0 aliphatic carbocycles. The van der Waals surface area contributed by atoms with Gasteiger partial charge in [-0.3, -0.25) is 4.79 Å². The fourth-order valence-corrected chi connectivity index (χ4v) is 1.41. The lowest BCUT2D eigenvalue weighted by atomic mass is 10.2. The van der Waals surface area contributed by atoms with E-state index in [1.807, 2.05) is 4.90 Å². The third-order valence-electron chi connectivity index (χ3n) is 2.17. The molecule has 0 spiro atoms. The number of carbonyl (C=O) groups is 1. The van der Waals surface area contributed by atoms with Crippen LogP contribution in [0.3, 0.4) is 0 Å². The number of hydrogen-bond acceptors (Lipinski definition) is 3. The largest absolute Gasteiger partial charge is 0.380 e. The van der Waals surface area contributed by atoms with E-state index in [2.05, 4.69) is 0 Å². The van der Waals surface area contributed by atoms with Gasteiger partial charge in [-0.2, -0.15) is 0 Å². The van der Waals surface area contributed by atoms with E-state index in [-0.39, 0.29) is 5.91 Å². The zero-order valence-electron chi connectivity index (χ0n) is 8.00. The molecule has 0 saturated carbocycles. The van der Waals surface area contributed by atoms with E-state index in [4.69, 9.17) is 10.5 Å². The molecule has 0 aromatic heterocycles. The summed E-state index contributed by atoms with van der Waals surface area (Å²) in [4.78, 5) is 13.4. The number of nitrogens with zero attached hydrogens (tertiary/aromatic N) is 1. The van der Waals surface area contributed by atoms with Crippen molar-refractivity contribution in [1.29, 1.82) is 0 Å². The Hall–Kier alpha value is -0.610. The SMILES string of the molecule is NCCCC(=O)N1CCCOCC1. The summed E-state index contributed by atoms with van der Waals surface area (Å²) in [5.74, 6) is 0.218. The molecule has 1 rings (SSSR count). The van der Waals surface area contributed by atoms with Crippen LogP contribution in [0.25, 0.3) is 0 Å². The Bertz CT molecular complexity index is 154. The van der Waals surface area contributed by atoms with Gasteiger partial charge in [0, 0.05) is 26.1 Å². The van der Waals surface area contributed by atoms with Gasteiger partial charge >= 0.3 is 0 Å². The lowest BCUT2D eigenvalue weighted by Gasteiger charge is -2.19. The summed E-state index contributed by atoms with van der Waals surface area (Å²) in [6.07, 6.45) is 2.32. The van der Waals surface area contributed by atoms with Crippen LogP contribution in [-0.2, 0) is 9.53 Å². The van der Waals surface area contributed by atoms with Gasteiger partial charge in [-0.05, 0) is 19.4 Å². The molecule has 13 heavy (non-hydrogen) atoms. The fourth-order valence-electron chi connectivity index (χ4n) is 1.41. The van der Waals surface area contributed by atoms with Crippen molar-refractivity contribution in [2.45, 2.75) is 19.3 Å². The van der Waals surface area contributed by atoms with Crippen molar-refractivity contribution >= 4 is 5.91 Å². The van der Waals surface area contributed by atoms with Gasteiger partial charge in [0.1, 0.15) is 0 Å². The van der Waals surface area contributed by atoms with Crippen LogP contribution < -0.4 is 5.73 Å². The summed E-state index contributed by atoms with van der Waals surface area (Å²) in [6, 6.07) is 0.